The fraction of sp³-hybridized carbons (Fsp3) is 0.569. The first-order valence-corrected chi connectivity index (χ1v) is 25.3. The molecule has 1 heterocycles. The first-order chi connectivity index (χ1) is 36.5. The van der Waals surface area contributed by atoms with Crippen molar-refractivity contribution in [1.29, 1.82) is 0 Å². The predicted octanol–water partition coefficient (Wildman–Crippen LogP) is 0.994. The van der Waals surface area contributed by atoms with Gasteiger partial charge in [0.2, 0.25) is 23.5 Å². The van der Waals surface area contributed by atoms with E-state index in [1.807, 2.05) is 0 Å². The third-order valence-electron chi connectivity index (χ3n) is 13.6. The van der Waals surface area contributed by atoms with Crippen molar-refractivity contribution in [2.75, 3.05) is 26.8 Å². The maximum absolute atomic E-state index is 14.1. The molecule has 2 aromatic carbocycles. The van der Waals surface area contributed by atoms with Crippen molar-refractivity contribution >= 4 is 58.9 Å². The number of phenols is 2. The Morgan fingerprint density at radius 1 is 0.805 bits per heavy atom. The maximum atomic E-state index is 14.1. The highest BCUT2D eigenvalue weighted by Gasteiger charge is 2.50. The molecule has 5 rings (SSSR count). The van der Waals surface area contributed by atoms with Crippen LogP contribution in [0, 0.1) is 0 Å². The van der Waals surface area contributed by atoms with Gasteiger partial charge >= 0.3 is 23.9 Å². The molecule has 3 aliphatic rings. The van der Waals surface area contributed by atoms with Crippen molar-refractivity contribution < 1.29 is 98.2 Å². The molecule has 1 saturated heterocycles. The van der Waals surface area contributed by atoms with Gasteiger partial charge in [-0.2, -0.15) is 0 Å². The number of aliphatic hydroxyl groups is 3. The minimum atomic E-state index is -2.25. The van der Waals surface area contributed by atoms with Crippen LogP contribution in [0.3, 0.4) is 0 Å². The maximum Gasteiger partial charge on any atom is 0.326 e. The van der Waals surface area contributed by atoms with Gasteiger partial charge in [0.25, 0.3) is 0 Å². The number of phenolic OH excluding ortho intramolecular Hbond substituents is 2. The van der Waals surface area contributed by atoms with Crippen molar-refractivity contribution in [3.05, 3.63) is 51.6 Å². The molecule has 26 heteroatoms. The summed E-state index contributed by atoms with van der Waals surface area (Å²) in [6.45, 7) is 1.17. The molecule has 5 amide bonds. The number of carbonyl (C=O) groups excluding carboxylic acids is 6. The zero-order valence-corrected chi connectivity index (χ0v) is 42.7. The van der Waals surface area contributed by atoms with E-state index in [4.69, 9.17) is 25.1 Å². The average molecular weight is 1090 g/mol. The molecule has 0 unspecified atom stereocenters. The molecule has 422 valence electrons. The highest BCUT2D eigenvalue weighted by Crippen LogP contribution is 2.52. The van der Waals surface area contributed by atoms with Crippen molar-refractivity contribution in [2.24, 2.45) is 10.7 Å². The third-order valence-corrected chi connectivity index (χ3v) is 13.6. The lowest BCUT2D eigenvalue weighted by atomic mass is 9.71. The van der Waals surface area contributed by atoms with Crippen LogP contribution in [-0.4, -0.2) is 169 Å². The standard InChI is InChI=1S/C51H68N6O20/c1-25-43(64)28(52)21-38(76-25)77-32-23-51(74,22-27-40(32)47(68)42-41(45(27)66)44(65)26-11-10-13-31(75-2)39(26)46(42)67)33(24-58)57-36(61)16-6-5-15-35(60)53-19-8-3-4-14-34(59)54-20-9-7-12-29(48(69)70)55-50(73)56-30(49(71)72)17-18-37(62)63/h10-11,13,25,28-30,32,38,43,58,64,66,68,74H,3-9,12,14-24,52H2,1-2H3,(H,53,60)(H,54,59)(H,62,63)(H,69,70)(H,71,72)(H2,55,56,73)/t25-,28-,29-,30-,32-,38-,43+,51-/m0/s1. The number of carboxylic acids is 3. The predicted molar refractivity (Wildman–Crippen MR) is 267 cm³/mol. The molecule has 77 heavy (non-hydrogen) atoms. The number of urea groups is 1. The number of hydrogen-bond donors (Lipinski definition) is 13. The van der Waals surface area contributed by atoms with Crippen molar-refractivity contribution in [1.82, 2.24) is 21.3 Å². The second kappa shape index (κ2) is 27.8. The number of hydrogen-bond acceptors (Lipinski definition) is 18. The second-order valence-corrected chi connectivity index (χ2v) is 19.2. The van der Waals surface area contributed by atoms with Gasteiger partial charge in [0.15, 0.2) is 12.1 Å². The summed E-state index contributed by atoms with van der Waals surface area (Å²) < 4.78 is 17.5. The quantitative estimate of drug-likeness (QED) is 0.0274. The molecule has 14 N–H and O–H groups in total. The van der Waals surface area contributed by atoms with Gasteiger partial charge in [-0.05, 0) is 64.4 Å². The van der Waals surface area contributed by atoms with Crippen LogP contribution in [0.5, 0.6) is 17.2 Å². The number of carboxylic acid groups (broad SMARTS) is 3. The normalized spacial score (nSPS) is 21.6. The summed E-state index contributed by atoms with van der Waals surface area (Å²) in [5.41, 5.74) is 1.78. The number of fused-ring (bicyclic) bond motifs is 3. The lowest BCUT2D eigenvalue weighted by Crippen LogP contribution is -2.53. The third kappa shape index (κ3) is 15.8. The second-order valence-electron chi connectivity index (χ2n) is 19.2. The Labute approximate surface area is 441 Å². The number of ether oxygens (including phenoxy) is 3. The fourth-order valence-electron chi connectivity index (χ4n) is 9.50. The summed E-state index contributed by atoms with van der Waals surface area (Å²) in [6.07, 6.45) is -3.66. The zero-order chi connectivity index (χ0) is 56.7. The number of rotatable bonds is 28. The smallest absolute Gasteiger partial charge is 0.326 e. The molecule has 0 aromatic heterocycles. The summed E-state index contributed by atoms with van der Waals surface area (Å²) in [7, 11) is 1.30. The molecule has 26 nitrogen and oxygen atoms in total. The molecule has 2 aromatic rings. The van der Waals surface area contributed by atoms with E-state index in [9.17, 15) is 78.9 Å². The van der Waals surface area contributed by atoms with Crippen molar-refractivity contribution in [2.45, 2.75) is 158 Å². The molecule has 0 radical (unpaired) electrons. The summed E-state index contributed by atoms with van der Waals surface area (Å²) in [5, 5.41) is 94.2. The Hall–Kier alpha value is -7.10. The number of nitrogens with one attached hydrogen (secondary N) is 4. The van der Waals surface area contributed by atoms with E-state index in [0.29, 0.717) is 38.6 Å². The van der Waals surface area contributed by atoms with Crippen molar-refractivity contribution in [3.8, 4) is 17.2 Å². The number of methoxy groups -OCH3 is 1. The summed E-state index contributed by atoms with van der Waals surface area (Å²) in [4.78, 5) is 116. The Balaban J connectivity index is 1.07. The number of aliphatic carboxylic acids is 3. The number of aliphatic hydroxyl groups excluding tert-OH is 2. The number of aromatic hydroxyl groups is 2. The SMILES string of the molecule is COc1cccc2c1C(=O)c1c(O)c3c(c(O)c1C2=O)C[C@@](O)(C(CO)=NC(=O)CCCCC(=O)NCCCCCC(=O)NCCCC[C@H](NC(=O)N[C@@H](CCC(=O)O)C(=O)O)C(=O)O)C[C@@H]3O[C@H]1C[C@H](N)[C@H](O)[C@H](C)O1. The molecule has 8 atom stereocenters. The van der Waals surface area contributed by atoms with E-state index < -0.39 is 150 Å². The van der Waals surface area contributed by atoms with Gasteiger partial charge in [-0.15, -0.1) is 0 Å². The van der Waals surface area contributed by atoms with Crippen LogP contribution in [0.15, 0.2) is 23.2 Å². The molecule has 0 spiro atoms. The number of benzene rings is 2. The van der Waals surface area contributed by atoms with Gasteiger partial charge < -0.3 is 82.1 Å². The van der Waals surface area contributed by atoms with Crippen LogP contribution in [0.4, 0.5) is 4.79 Å². The minimum Gasteiger partial charge on any atom is -0.507 e. The molecule has 1 fully saturated rings. The molecular formula is C51H68N6O20. The summed E-state index contributed by atoms with van der Waals surface area (Å²) in [5.74, 6) is -8.45. The fourth-order valence-corrected chi connectivity index (χ4v) is 9.50. The monoisotopic (exact) mass is 1080 g/mol. The Bertz CT molecular complexity index is 2580. The van der Waals surface area contributed by atoms with E-state index in [0.717, 1.165) is 0 Å². The van der Waals surface area contributed by atoms with E-state index in [1.165, 1.54) is 25.3 Å². The van der Waals surface area contributed by atoms with Gasteiger partial charge in [-0.3, -0.25) is 28.8 Å². The summed E-state index contributed by atoms with van der Waals surface area (Å²) >= 11 is 0. The van der Waals surface area contributed by atoms with Crippen LogP contribution in [-0.2, 0) is 44.7 Å². The van der Waals surface area contributed by atoms with E-state index in [1.54, 1.807) is 6.92 Å². The Morgan fingerprint density at radius 3 is 2.00 bits per heavy atom. The largest absolute Gasteiger partial charge is 0.507 e. The highest BCUT2D eigenvalue weighted by atomic mass is 16.7. The van der Waals surface area contributed by atoms with Gasteiger partial charge in [-0.25, -0.2) is 19.4 Å². The van der Waals surface area contributed by atoms with Gasteiger partial charge in [0.1, 0.15) is 34.9 Å². The lowest BCUT2D eigenvalue weighted by molar-refractivity contribution is -0.245. The van der Waals surface area contributed by atoms with Crippen LogP contribution in [0.25, 0.3) is 0 Å². The van der Waals surface area contributed by atoms with Gasteiger partial charge in [-0.1, -0.05) is 18.6 Å². The molecule has 2 aliphatic carbocycles. The first-order valence-electron chi connectivity index (χ1n) is 25.3. The number of amides is 5. The zero-order valence-electron chi connectivity index (χ0n) is 42.7. The van der Waals surface area contributed by atoms with Crippen molar-refractivity contribution in [3.63, 3.8) is 0 Å². The van der Waals surface area contributed by atoms with Gasteiger partial charge in [0.05, 0.1) is 54.4 Å². The highest BCUT2D eigenvalue weighted by molar-refractivity contribution is 6.31. The van der Waals surface area contributed by atoms with E-state index >= 15 is 0 Å². The number of unbranched alkanes of at least 4 members (excludes halogenated alkanes) is 4. The number of aliphatic imine (C=N–C) groups is 1. The Morgan fingerprint density at radius 2 is 1.40 bits per heavy atom. The lowest BCUT2D eigenvalue weighted by Gasteiger charge is -2.43. The first kappa shape index (κ1) is 60.8. The average Bonchev–Trinajstić information content (AvgIpc) is 3.37. The van der Waals surface area contributed by atoms with E-state index in [-0.39, 0.29) is 91.3 Å². The van der Waals surface area contributed by atoms with Crippen LogP contribution < -0.4 is 31.7 Å². The topological polar surface area (TPSA) is 430 Å². The van der Waals surface area contributed by atoms with Crippen LogP contribution in [0.2, 0.25) is 0 Å². The minimum absolute atomic E-state index is 0.0218. The van der Waals surface area contributed by atoms with Gasteiger partial charge in [0, 0.05) is 80.8 Å². The molecule has 0 bridgehead atoms. The Kier molecular flexibility index (Phi) is 21.9. The number of ketones is 2. The molecule has 0 saturated carbocycles. The molecular weight excluding hydrogens is 1020 g/mol. The van der Waals surface area contributed by atoms with E-state index in [2.05, 4.69) is 26.3 Å². The number of nitrogens with zero attached hydrogens (tertiary/aromatic N) is 1. The van der Waals surface area contributed by atoms with Crippen LogP contribution in [0.1, 0.15) is 152 Å². The number of nitrogens with two attached hydrogens (primary N) is 1. The number of carbonyl (C=O) groups is 9. The summed E-state index contributed by atoms with van der Waals surface area (Å²) in [6, 6.07) is -0.492. The molecule has 1 aliphatic heterocycles. The van der Waals surface area contributed by atoms with Crippen LogP contribution >= 0.6 is 0 Å².